The average Bonchev–Trinajstić information content (AvgIpc) is 2.55. The van der Waals surface area contributed by atoms with Crippen molar-refractivity contribution in [3.8, 4) is 12.3 Å². The van der Waals surface area contributed by atoms with Crippen molar-refractivity contribution in [2.75, 3.05) is 7.11 Å². The second kappa shape index (κ2) is 4.47. The van der Waals surface area contributed by atoms with Gasteiger partial charge in [-0.05, 0) is 6.42 Å². The third kappa shape index (κ3) is 2.13. The lowest BCUT2D eigenvalue weighted by molar-refractivity contribution is 0.0592. The van der Waals surface area contributed by atoms with E-state index in [-0.39, 0.29) is 0 Å². The highest BCUT2D eigenvalue weighted by Crippen LogP contribution is 2.09. The molecule has 74 valence electrons. The van der Waals surface area contributed by atoms with Gasteiger partial charge in [0.15, 0.2) is 5.69 Å². The summed E-state index contributed by atoms with van der Waals surface area (Å²) in [5.74, 6) is 2.10. The monoisotopic (exact) mass is 192 g/mol. The van der Waals surface area contributed by atoms with Crippen LogP contribution >= 0.6 is 0 Å². The van der Waals surface area contributed by atoms with E-state index in [1.807, 2.05) is 0 Å². The summed E-state index contributed by atoms with van der Waals surface area (Å²) in [6.07, 6.45) is 8.17. The maximum absolute atomic E-state index is 11.3. The lowest BCUT2D eigenvalue weighted by Gasteiger charge is -1.96. The van der Waals surface area contributed by atoms with Gasteiger partial charge in [-0.25, -0.2) is 4.79 Å². The molecule has 1 rings (SSSR count). The van der Waals surface area contributed by atoms with E-state index in [4.69, 9.17) is 6.42 Å². The summed E-state index contributed by atoms with van der Waals surface area (Å²) in [6.45, 7) is 0. The van der Waals surface area contributed by atoms with E-state index in [0.29, 0.717) is 18.5 Å². The van der Waals surface area contributed by atoms with Crippen LogP contribution in [0.3, 0.4) is 0 Å². The van der Waals surface area contributed by atoms with Crippen LogP contribution in [0.15, 0.2) is 6.20 Å². The maximum Gasteiger partial charge on any atom is 0.358 e. The third-order valence-corrected chi connectivity index (χ3v) is 1.82. The van der Waals surface area contributed by atoms with Crippen molar-refractivity contribution in [3.05, 3.63) is 17.5 Å². The van der Waals surface area contributed by atoms with Gasteiger partial charge in [-0.2, -0.15) is 5.10 Å². The molecule has 0 fully saturated rings. The van der Waals surface area contributed by atoms with Crippen LogP contribution in [-0.2, 0) is 18.2 Å². The molecule has 0 saturated heterocycles. The first-order valence-corrected chi connectivity index (χ1v) is 4.23. The van der Waals surface area contributed by atoms with Crippen molar-refractivity contribution in [1.29, 1.82) is 0 Å². The number of carbonyl (C=O) groups is 1. The van der Waals surface area contributed by atoms with Gasteiger partial charge in [-0.15, -0.1) is 12.3 Å². The Morgan fingerprint density at radius 3 is 3.07 bits per heavy atom. The Morgan fingerprint density at radius 1 is 1.79 bits per heavy atom. The van der Waals surface area contributed by atoms with Gasteiger partial charge in [-0.1, -0.05) is 0 Å². The van der Waals surface area contributed by atoms with Crippen LogP contribution in [-0.4, -0.2) is 22.9 Å². The van der Waals surface area contributed by atoms with Crippen LogP contribution in [0.25, 0.3) is 0 Å². The molecule has 1 aromatic rings. The Balaban J connectivity index is 2.92. The van der Waals surface area contributed by atoms with Gasteiger partial charge in [0.1, 0.15) is 0 Å². The molecule has 0 spiro atoms. The first-order chi connectivity index (χ1) is 6.69. The molecular weight excluding hydrogens is 180 g/mol. The number of hydrogen-bond donors (Lipinski definition) is 0. The molecule has 0 aliphatic heterocycles. The van der Waals surface area contributed by atoms with Crippen LogP contribution in [0.4, 0.5) is 0 Å². The van der Waals surface area contributed by atoms with Gasteiger partial charge in [0.25, 0.3) is 0 Å². The lowest BCUT2D eigenvalue weighted by Crippen LogP contribution is -2.05. The minimum Gasteiger partial charge on any atom is -0.464 e. The van der Waals surface area contributed by atoms with Crippen molar-refractivity contribution in [1.82, 2.24) is 9.78 Å². The molecule has 0 unspecified atom stereocenters. The molecule has 0 bridgehead atoms. The summed E-state index contributed by atoms with van der Waals surface area (Å²) < 4.78 is 6.19. The van der Waals surface area contributed by atoms with Crippen molar-refractivity contribution < 1.29 is 9.53 Å². The standard InChI is InChI=1S/C10H12N2O2/c1-4-5-6-8-7-12(2)11-9(8)10(13)14-3/h1,7H,5-6H2,2-3H3. The number of nitrogens with zero attached hydrogens (tertiary/aromatic N) is 2. The van der Waals surface area contributed by atoms with Crippen LogP contribution in [0, 0.1) is 12.3 Å². The zero-order valence-electron chi connectivity index (χ0n) is 8.28. The summed E-state index contributed by atoms with van der Waals surface area (Å²) in [6, 6.07) is 0. The molecule has 1 aromatic heterocycles. The predicted molar refractivity (Wildman–Crippen MR) is 51.7 cm³/mol. The van der Waals surface area contributed by atoms with E-state index >= 15 is 0 Å². The lowest BCUT2D eigenvalue weighted by atomic mass is 10.1. The van der Waals surface area contributed by atoms with Gasteiger partial charge in [0.05, 0.1) is 7.11 Å². The summed E-state index contributed by atoms with van der Waals surface area (Å²) >= 11 is 0. The minimum absolute atomic E-state index is 0.352. The summed E-state index contributed by atoms with van der Waals surface area (Å²) in [5, 5.41) is 4.01. The molecule has 14 heavy (non-hydrogen) atoms. The molecule has 4 heteroatoms. The van der Waals surface area contributed by atoms with Gasteiger partial charge >= 0.3 is 5.97 Å². The van der Waals surface area contributed by atoms with E-state index in [9.17, 15) is 4.79 Å². The highest BCUT2D eigenvalue weighted by atomic mass is 16.5. The highest BCUT2D eigenvalue weighted by molar-refractivity contribution is 5.88. The van der Waals surface area contributed by atoms with Gasteiger partial charge in [0.2, 0.25) is 0 Å². The van der Waals surface area contributed by atoms with Crippen molar-refractivity contribution in [2.45, 2.75) is 12.8 Å². The smallest absolute Gasteiger partial charge is 0.358 e. The molecule has 0 atom stereocenters. The molecule has 0 aromatic carbocycles. The number of carbonyl (C=O) groups excluding carboxylic acids is 1. The zero-order valence-corrected chi connectivity index (χ0v) is 8.28. The van der Waals surface area contributed by atoms with E-state index in [1.165, 1.54) is 7.11 Å². The second-order valence-electron chi connectivity index (χ2n) is 2.87. The maximum atomic E-state index is 11.3. The Morgan fingerprint density at radius 2 is 2.50 bits per heavy atom. The first-order valence-electron chi connectivity index (χ1n) is 4.23. The van der Waals surface area contributed by atoms with Crippen LogP contribution in [0.5, 0.6) is 0 Å². The predicted octanol–water partition coefficient (Wildman–Crippen LogP) is 0.772. The molecule has 0 amide bonds. The molecular formula is C10H12N2O2. The normalized spacial score (nSPS) is 9.50. The molecule has 0 aliphatic rings. The number of methoxy groups -OCH3 is 1. The zero-order chi connectivity index (χ0) is 10.6. The number of aromatic nitrogens is 2. The van der Waals surface area contributed by atoms with Crippen LogP contribution < -0.4 is 0 Å². The van der Waals surface area contributed by atoms with Gasteiger partial charge in [-0.3, -0.25) is 4.68 Å². The van der Waals surface area contributed by atoms with Crippen LogP contribution in [0.2, 0.25) is 0 Å². The Kier molecular flexibility index (Phi) is 3.29. The molecule has 0 aliphatic carbocycles. The first kappa shape index (κ1) is 10.3. The molecule has 0 N–H and O–H groups in total. The Hall–Kier alpha value is -1.76. The summed E-state index contributed by atoms with van der Waals surface area (Å²) in [5.41, 5.74) is 1.18. The Bertz CT molecular complexity index is 374. The van der Waals surface area contributed by atoms with E-state index in [2.05, 4.69) is 15.8 Å². The molecule has 1 heterocycles. The fraction of sp³-hybridized carbons (Fsp3) is 0.400. The molecule has 0 radical (unpaired) electrons. The number of rotatable bonds is 3. The summed E-state index contributed by atoms with van der Waals surface area (Å²) in [4.78, 5) is 11.3. The second-order valence-corrected chi connectivity index (χ2v) is 2.87. The SMILES string of the molecule is C#CCCc1cn(C)nc1C(=O)OC. The number of terminal acetylenes is 1. The molecule has 4 nitrogen and oxygen atoms in total. The number of esters is 1. The van der Waals surface area contributed by atoms with E-state index in [1.54, 1.807) is 17.9 Å². The Labute approximate surface area is 82.9 Å². The van der Waals surface area contributed by atoms with Gasteiger partial charge in [0, 0.05) is 25.2 Å². The third-order valence-electron chi connectivity index (χ3n) is 1.82. The van der Waals surface area contributed by atoms with E-state index < -0.39 is 5.97 Å². The van der Waals surface area contributed by atoms with Crippen LogP contribution in [0.1, 0.15) is 22.5 Å². The van der Waals surface area contributed by atoms with Gasteiger partial charge < -0.3 is 4.74 Å². The minimum atomic E-state index is -0.419. The number of ether oxygens (including phenoxy) is 1. The number of aryl methyl sites for hydroxylation is 2. The largest absolute Gasteiger partial charge is 0.464 e. The topological polar surface area (TPSA) is 44.1 Å². The highest BCUT2D eigenvalue weighted by Gasteiger charge is 2.15. The summed E-state index contributed by atoms with van der Waals surface area (Å²) in [7, 11) is 3.09. The molecule has 0 saturated carbocycles. The van der Waals surface area contributed by atoms with Crippen molar-refractivity contribution >= 4 is 5.97 Å². The average molecular weight is 192 g/mol. The fourth-order valence-corrected chi connectivity index (χ4v) is 1.20. The fourth-order valence-electron chi connectivity index (χ4n) is 1.20. The van der Waals surface area contributed by atoms with Crippen molar-refractivity contribution in [3.63, 3.8) is 0 Å². The number of hydrogen-bond acceptors (Lipinski definition) is 3. The quantitative estimate of drug-likeness (QED) is 0.525. The van der Waals surface area contributed by atoms with Crippen molar-refractivity contribution in [2.24, 2.45) is 7.05 Å². The van der Waals surface area contributed by atoms with E-state index in [0.717, 1.165) is 5.56 Å².